The van der Waals surface area contributed by atoms with E-state index in [9.17, 15) is 4.39 Å². The van der Waals surface area contributed by atoms with Crippen molar-refractivity contribution < 1.29 is 4.39 Å². The minimum atomic E-state index is -0.178. The van der Waals surface area contributed by atoms with Crippen molar-refractivity contribution in [1.82, 2.24) is 0 Å². The predicted molar refractivity (Wildman–Crippen MR) is 75.5 cm³/mol. The highest BCUT2D eigenvalue weighted by Gasteiger charge is 2.18. The SMILES string of the molecule is NCc1ccc(N2CCc3ccccc3C2)c(F)c1. The van der Waals surface area contributed by atoms with Crippen molar-refractivity contribution in [3.05, 3.63) is 65.0 Å². The Labute approximate surface area is 112 Å². The largest absolute Gasteiger partial charge is 0.364 e. The predicted octanol–water partition coefficient (Wildman–Crippen LogP) is 2.85. The standard InChI is InChI=1S/C16H17FN2/c17-15-9-12(10-18)5-6-16(15)19-8-7-13-3-1-2-4-14(13)11-19/h1-6,9H,7-8,10-11,18H2. The number of hydrogen-bond donors (Lipinski definition) is 1. The molecular formula is C16H17FN2. The van der Waals surface area contributed by atoms with Crippen molar-refractivity contribution in [1.29, 1.82) is 0 Å². The van der Waals surface area contributed by atoms with Crippen LogP contribution in [0.3, 0.4) is 0 Å². The Morgan fingerprint density at radius 1 is 1.11 bits per heavy atom. The number of benzene rings is 2. The van der Waals surface area contributed by atoms with Gasteiger partial charge in [0, 0.05) is 19.6 Å². The van der Waals surface area contributed by atoms with Crippen LogP contribution in [-0.2, 0) is 19.5 Å². The maximum atomic E-state index is 14.1. The monoisotopic (exact) mass is 256 g/mol. The minimum Gasteiger partial charge on any atom is -0.364 e. The average Bonchev–Trinajstić information content (AvgIpc) is 2.46. The number of rotatable bonds is 2. The number of hydrogen-bond acceptors (Lipinski definition) is 2. The smallest absolute Gasteiger partial charge is 0.146 e. The summed E-state index contributed by atoms with van der Waals surface area (Å²) in [6, 6.07) is 13.6. The summed E-state index contributed by atoms with van der Waals surface area (Å²) in [4.78, 5) is 2.10. The zero-order valence-electron chi connectivity index (χ0n) is 10.8. The van der Waals surface area contributed by atoms with Crippen molar-refractivity contribution in [3.63, 3.8) is 0 Å². The van der Waals surface area contributed by atoms with Gasteiger partial charge in [0.05, 0.1) is 5.69 Å². The van der Waals surface area contributed by atoms with E-state index in [1.807, 2.05) is 18.2 Å². The molecule has 0 bridgehead atoms. The van der Waals surface area contributed by atoms with Gasteiger partial charge in [-0.2, -0.15) is 0 Å². The molecule has 0 fully saturated rings. The molecule has 0 amide bonds. The molecule has 1 aliphatic rings. The van der Waals surface area contributed by atoms with E-state index in [2.05, 4.69) is 23.1 Å². The van der Waals surface area contributed by atoms with Gasteiger partial charge in [0.2, 0.25) is 0 Å². The Kier molecular flexibility index (Phi) is 3.22. The van der Waals surface area contributed by atoms with Crippen LogP contribution in [0.2, 0.25) is 0 Å². The Morgan fingerprint density at radius 2 is 1.89 bits per heavy atom. The number of nitrogens with zero attached hydrogens (tertiary/aromatic N) is 1. The quantitative estimate of drug-likeness (QED) is 0.895. The van der Waals surface area contributed by atoms with Gasteiger partial charge in [-0.1, -0.05) is 30.3 Å². The third-order valence-electron chi connectivity index (χ3n) is 3.72. The highest BCUT2D eigenvalue weighted by molar-refractivity contribution is 5.51. The number of halogens is 1. The first kappa shape index (κ1) is 12.2. The Hall–Kier alpha value is -1.87. The number of nitrogens with two attached hydrogens (primary N) is 1. The fourth-order valence-electron chi connectivity index (χ4n) is 2.64. The first-order valence-electron chi connectivity index (χ1n) is 6.58. The van der Waals surface area contributed by atoms with E-state index < -0.39 is 0 Å². The highest BCUT2D eigenvalue weighted by atomic mass is 19.1. The zero-order valence-corrected chi connectivity index (χ0v) is 10.8. The van der Waals surface area contributed by atoms with Crippen molar-refractivity contribution in [3.8, 4) is 0 Å². The van der Waals surface area contributed by atoms with Crippen LogP contribution < -0.4 is 10.6 Å². The molecule has 2 aromatic rings. The van der Waals surface area contributed by atoms with Crippen molar-refractivity contribution in [2.75, 3.05) is 11.4 Å². The molecule has 0 aromatic heterocycles. The van der Waals surface area contributed by atoms with Gasteiger partial charge in [-0.3, -0.25) is 0 Å². The van der Waals surface area contributed by atoms with Crippen LogP contribution in [0.15, 0.2) is 42.5 Å². The summed E-state index contributed by atoms with van der Waals surface area (Å²) in [5.41, 5.74) is 9.70. The maximum absolute atomic E-state index is 14.1. The molecule has 1 aliphatic heterocycles. The van der Waals surface area contributed by atoms with E-state index in [0.717, 1.165) is 25.1 Å². The second-order valence-electron chi connectivity index (χ2n) is 4.93. The maximum Gasteiger partial charge on any atom is 0.146 e. The summed E-state index contributed by atoms with van der Waals surface area (Å²) in [5.74, 6) is -0.178. The molecule has 2 N–H and O–H groups in total. The van der Waals surface area contributed by atoms with Gasteiger partial charge in [-0.25, -0.2) is 4.39 Å². The van der Waals surface area contributed by atoms with Crippen LogP contribution in [0.5, 0.6) is 0 Å². The first-order chi connectivity index (χ1) is 9.28. The summed E-state index contributed by atoms with van der Waals surface area (Å²) < 4.78 is 14.1. The number of anilines is 1. The Balaban J connectivity index is 1.89. The summed E-state index contributed by atoms with van der Waals surface area (Å²) in [5, 5.41) is 0. The minimum absolute atomic E-state index is 0.178. The molecule has 2 aromatic carbocycles. The fourth-order valence-corrected chi connectivity index (χ4v) is 2.64. The lowest BCUT2D eigenvalue weighted by Gasteiger charge is -2.31. The lowest BCUT2D eigenvalue weighted by atomic mass is 9.99. The van der Waals surface area contributed by atoms with Crippen molar-refractivity contribution >= 4 is 5.69 Å². The van der Waals surface area contributed by atoms with Gasteiger partial charge in [0.15, 0.2) is 0 Å². The third kappa shape index (κ3) is 2.34. The normalized spacial score (nSPS) is 14.3. The molecule has 0 radical (unpaired) electrons. The van der Waals surface area contributed by atoms with E-state index in [1.165, 1.54) is 17.2 Å². The molecule has 0 saturated heterocycles. The van der Waals surface area contributed by atoms with Gasteiger partial charge in [0.25, 0.3) is 0 Å². The summed E-state index contributed by atoms with van der Waals surface area (Å²) >= 11 is 0. The second kappa shape index (κ2) is 5.02. The van der Waals surface area contributed by atoms with Gasteiger partial charge < -0.3 is 10.6 Å². The van der Waals surface area contributed by atoms with E-state index in [-0.39, 0.29) is 5.82 Å². The topological polar surface area (TPSA) is 29.3 Å². The molecule has 3 heteroatoms. The average molecular weight is 256 g/mol. The molecular weight excluding hydrogens is 239 g/mol. The van der Waals surface area contributed by atoms with Gasteiger partial charge >= 0.3 is 0 Å². The molecule has 2 nitrogen and oxygen atoms in total. The Morgan fingerprint density at radius 3 is 2.63 bits per heavy atom. The van der Waals surface area contributed by atoms with E-state index >= 15 is 0 Å². The molecule has 98 valence electrons. The molecule has 19 heavy (non-hydrogen) atoms. The summed E-state index contributed by atoms with van der Waals surface area (Å²) in [6.07, 6.45) is 0.967. The zero-order chi connectivity index (χ0) is 13.2. The lowest BCUT2D eigenvalue weighted by molar-refractivity contribution is 0.608. The molecule has 0 spiro atoms. The summed E-state index contributed by atoms with van der Waals surface area (Å²) in [7, 11) is 0. The molecule has 0 saturated carbocycles. The molecule has 3 rings (SSSR count). The van der Waals surface area contributed by atoms with Crippen LogP contribution in [0, 0.1) is 5.82 Å². The van der Waals surface area contributed by atoms with Gasteiger partial charge in [0.1, 0.15) is 5.82 Å². The second-order valence-corrected chi connectivity index (χ2v) is 4.93. The third-order valence-corrected chi connectivity index (χ3v) is 3.72. The van der Waals surface area contributed by atoms with Gasteiger partial charge in [-0.05, 0) is 35.2 Å². The number of fused-ring (bicyclic) bond motifs is 1. The first-order valence-corrected chi connectivity index (χ1v) is 6.58. The fraction of sp³-hybridized carbons (Fsp3) is 0.250. The van der Waals surface area contributed by atoms with Crippen LogP contribution in [0.1, 0.15) is 16.7 Å². The van der Waals surface area contributed by atoms with Crippen molar-refractivity contribution in [2.45, 2.75) is 19.5 Å². The van der Waals surface area contributed by atoms with Crippen LogP contribution in [0.4, 0.5) is 10.1 Å². The van der Waals surface area contributed by atoms with E-state index in [4.69, 9.17) is 5.73 Å². The molecule has 0 unspecified atom stereocenters. The molecule has 1 heterocycles. The van der Waals surface area contributed by atoms with Crippen molar-refractivity contribution in [2.24, 2.45) is 5.73 Å². The highest BCUT2D eigenvalue weighted by Crippen LogP contribution is 2.27. The van der Waals surface area contributed by atoms with E-state index in [0.29, 0.717) is 12.2 Å². The van der Waals surface area contributed by atoms with Crippen LogP contribution in [0.25, 0.3) is 0 Å². The van der Waals surface area contributed by atoms with Crippen LogP contribution in [-0.4, -0.2) is 6.54 Å². The van der Waals surface area contributed by atoms with Gasteiger partial charge in [-0.15, -0.1) is 0 Å². The van der Waals surface area contributed by atoms with Crippen LogP contribution >= 0.6 is 0 Å². The lowest BCUT2D eigenvalue weighted by Crippen LogP contribution is -2.31. The molecule has 0 aliphatic carbocycles. The summed E-state index contributed by atoms with van der Waals surface area (Å²) in [6.45, 7) is 2.00. The van der Waals surface area contributed by atoms with E-state index in [1.54, 1.807) is 0 Å². The molecule has 0 atom stereocenters. The Bertz CT molecular complexity index is 595.